The number of aromatic nitrogens is 4. The Morgan fingerprint density at radius 3 is 2.85 bits per heavy atom. The van der Waals surface area contributed by atoms with Crippen molar-refractivity contribution in [3.05, 3.63) is 30.2 Å². The molecule has 0 saturated carbocycles. The van der Waals surface area contributed by atoms with Gasteiger partial charge in [-0.05, 0) is 19.1 Å². The van der Waals surface area contributed by atoms with Gasteiger partial charge in [0.05, 0.1) is 0 Å². The molecule has 0 aliphatic carbocycles. The van der Waals surface area contributed by atoms with Crippen molar-refractivity contribution in [1.82, 2.24) is 18.7 Å². The maximum Gasteiger partial charge on any atom is 0.283 e. The predicted molar refractivity (Wildman–Crippen MR) is 75.1 cm³/mol. The first-order chi connectivity index (χ1) is 9.47. The van der Waals surface area contributed by atoms with Crippen LogP contribution in [0.3, 0.4) is 0 Å². The fourth-order valence-corrected chi connectivity index (χ4v) is 3.78. The van der Waals surface area contributed by atoms with Gasteiger partial charge in [-0.2, -0.15) is 12.8 Å². The molecule has 0 saturated heterocycles. The zero-order valence-corrected chi connectivity index (χ0v) is 11.9. The van der Waals surface area contributed by atoms with Crippen LogP contribution in [0.5, 0.6) is 0 Å². The predicted octanol–water partition coefficient (Wildman–Crippen LogP) is 0.877. The summed E-state index contributed by atoms with van der Waals surface area (Å²) in [5.74, 6) is 0.434. The largest absolute Gasteiger partial charge is 0.381 e. The Bertz CT molecular complexity index is 882. The second-order valence-electron chi connectivity index (χ2n) is 3.98. The number of nitrogens with two attached hydrogens (primary N) is 1. The van der Waals surface area contributed by atoms with Crippen molar-refractivity contribution in [2.75, 3.05) is 10.5 Å². The third-order valence-electron chi connectivity index (χ3n) is 2.52. The van der Waals surface area contributed by atoms with E-state index in [4.69, 9.17) is 5.73 Å². The van der Waals surface area contributed by atoms with Gasteiger partial charge in [-0.25, -0.2) is 9.97 Å². The number of pyridine rings is 1. The minimum Gasteiger partial charge on any atom is -0.381 e. The summed E-state index contributed by atoms with van der Waals surface area (Å²) in [4.78, 5) is 7.98. The molecular formula is C10H10N6O2S2. The van der Waals surface area contributed by atoms with E-state index in [1.165, 1.54) is 4.40 Å². The molecule has 0 bridgehead atoms. The van der Waals surface area contributed by atoms with Gasteiger partial charge in [-0.15, -0.1) is 0 Å². The Kier molecular flexibility index (Phi) is 2.83. The van der Waals surface area contributed by atoms with Gasteiger partial charge in [0.15, 0.2) is 5.82 Å². The van der Waals surface area contributed by atoms with Crippen LogP contribution >= 0.6 is 11.5 Å². The number of aryl methyl sites for hydroxylation is 1. The first-order valence-electron chi connectivity index (χ1n) is 5.53. The molecule has 3 aromatic heterocycles. The van der Waals surface area contributed by atoms with E-state index in [1.54, 1.807) is 31.3 Å². The summed E-state index contributed by atoms with van der Waals surface area (Å²) in [6.45, 7) is 1.68. The lowest BCUT2D eigenvalue weighted by Gasteiger charge is -2.05. The summed E-state index contributed by atoms with van der Waals surface area (Å²) in [6, 6.07) is 5.12. The van der Waals surface area contributed by atoms with Gasteiger partial charge in [-0.3, -0.25) is 9.12 Å². The zero-order valence-electron chi connectivity index (χ0n) is 10.3. The molecule has 10 heteroatoms. The van der Waals surface area contributed by atoms with Crippen LogP contribution < -0.4 is 10.5 Å². The average Bonchev–Trinajstić information content (AvgIpc) is 2.91. The Labute approximate surface area is 118 Å². The van der Waals surface area contributed by atoms with Crippen LogP contribution in [0, 0.1) is 6.92 Å². The van der Waals surface area contributed by atoms with Crippen LogP contribution in [0.2, 0.25) is 0 Å². The standard InChI is InChI=1S/C10H10N6O2S2/c1-6-12-10(19-14-6)15-20(17,18)9-8(11)13-7-4-2-3-5-16(7)9/h2-5H,11H2,1H3,(H,12,14,15). The minimum absolute atomic E-state index is 0.0649. The van der Waals surface area contributed by atoms with E-state index in [-0.39, 0.29) is 16.0 Å². The van der Waals surface area contributed by atoms with E-state index in [1.807, 2.05) is 0 Å². The van der Waals surface area contributed by atoms with E-state index in [9.17, 15) is 8.42 Å². The van der Waals surface area contributed by atoms with Gasteiger partial charge >= 0.3 is 0 Å². The lowest BCUT2D eigenvalue weighted by molar-refractivity contribution is 0.597. The molecule has 0 atom stereocenters. The van der Waals surface area contributed by atoms with Gasteiger partial charge in [0.2, 0.25) is 10.2 Å². The van der Waals surface area contributed by atoms with Crippen molar-refractivity contribution in [3.63, 3.8) is 0 Å². The normalized spacial score (nSPS) is 11.8. The number of fused-ring (bicyclic) bond motifs is 1. The highest BCUT2D eigenvalue weighted by Gasteiger charge is 2.25. The van der Waals surface area contributed by atoms with Gasteiger partial charge < -0.3 is 5.73 Å². The number of anilines is 2. The summed E-state index contributed by atoms with van der Waals surface area (Å²) in [7, 11) is -3.88. The molecular weight excluding hydrogens is 300 g/mol. The second-order valence-corrected chi connectivity index (χ2v) is 6.33. The molecule has 0 amide bonds. The first-order valence-corrected chi connectivity index (χ1v) is 7.79. The highest BCUT2D eigenvalue weighted by Crippen LogP contribution is 2.23. The number of hydrogen-bond donors (Lipinski definition) is 2. The van der Waals surface area contributed by atoms with Crippen molar-refractivity contribution < 1.29 is 8.42 Å². The molecule has 0 radical (unpaired) electrons. The number of imidazole rings is 1. The van der Waals surface area contributed by atoms with Crippen molar-refractivity contribution in [2.24, 2.45) is 0 Å². The summed E-state index contributed by atoms with van der Waals surface area (Å²) in [5, 5.41) is 0.0775. The summed E-state index contributed by atoms with van der Waals surface area (Å²) in [6.07, 6.45) is 1.58. The van der Waals surface area contributed by atoms with E-state index in [0.29, 0.717) is 11.5 Å². The number of sulfonamides is 1. The maximum atomic E-state index is 12.4. The number of nitrogen functional groups attached to an aromatic ring is 1. The molecule has 3 heterocycles. The highest BCUT2D eigenvalue weighted by atomic mass is 32.2. The van der Waals surface area contributed by atoms with E-state index >= 15 is 0 Å². The molecule has 0 aromatic carbocycles. The van der Waals surface area contributed by atoms with Crippen LogP contribution in [0.15, 0.2) is 29.4 Å². The molecule has 0 unspecified atom stereocenters. The van der Waals surface area contributed by atoms with Crippen LogP contribution in [0.1, 0.15) is 5.82 Å². The van der Waals surface area contributed by atoms with Gasteiger partial charge in [-0.1, -0.05) is 6.07 Å². The van der Waals surface area contributed by atoms with Crippen LogP contribution in [-0.4, -0.2) is 27.2 Å². The van der Waals surface area contributed by atoms with Gasteiger partial charge in [0, 0.05) is 17.7 Å². The van der Waals surface area contributed by atoms with Crippen LogP contribution in [0.4, 0.5) is 10.9 Å². The molecule has 0 fully saturated rings. The summed E-state index contributed by atoms with van der Waals surface area (Å²) in [5.41, 5.74) is 6.17. The van der Waals surface area contributed by atoms with Crippen molar-refractivity contribution in [1.29, 1.82) is 0 Å². The Hall–Kier alpha value is -2.20. The third-order valence-corrected chi connectivity index (χ3v) is 4.74. The molecule has 3 aromatic rings. The molecule has 0 aliphatic heterocycles. The molecule has 104 valence electrons. The SMILES string of the molecule is Cc1nsc(NS(=O)(=O)c2c(N)nc3ccccn23)n1. The molecule has 0 aliphatic rings. The monoisotopic (exact) mass is 310 g/mol. The van der Waals surface area contributed by atoms with Crippen LogP contribution in [0.25, 0.3) is 5.65 Å². The fraction of sp³-hybridized carbons (Fsp3) is 0.100. The molecule has 0 spiro atoms. The summed E-state index contributed by atoms with van der Waals surface area (Å²) >= 11 is 0.963. The van der Waals surface area contributed by atoms with E-state index in [0.717, 1.165) is 11.5 Å². The fourth-order valence-electron chi connectivity index (χ4n) is 1.76. The smallest absolute Gasteiger partial charge is 0.283 e. The molecule has 3 N–H and O–H groups in total. The maximum absolute atomic E-state index is 12.4. The van der Waals surface area contributed by atoms with E-state index < -0.39 is 10.0 Å². The quantitative estimate of drug-likeness (QED) is 0.742. The Morgan fingerprint density at radius 2 is 2.15 bits per heavy atom. The lowest BCUT2D eigenvalue weighted by Crippen LogP contribution is -2.16. The first kappa shape index (κ1) is 12.8. The number of nitrogens with zero attached hydrogens (tertiary/aromatic N) is 4. The third kappa shape index (κ3) is 2.08. The van der Waals surface area contributed by atoms with E-state index in [2.05, 4.69) is 19.1 Å². The average molecular weight is 310 g/mol. The molecule has 8 nitrogen and oxygen atoms in total. The topological polar surface area (TPSA) is 115 Å². The molecule has 3 rings (SSSR count). The van der Waals surface area contributed by atoms with Crippen molar-refractivity contribution in [2.45, 2.75) is 11.9 Å². The van der Waals surface area contributed by atoms with Crippen LogP contribution in [-0.2, 0) is 10.0 Å². The second kappa shape index (κ2) is 4.42. The Balaban J connectivity index is 2.11. The lowest BCUT2D eigenvalue weighted by atomic mass is 10.5. The highest BCUT2D eigenvalue weighted by molar-refractivity contribution is 7.93. The summed E-state index contributed by atoms with van der Waals surface area (Å²) < 4.78 is 32.5. The van der Waals surface area contributed by atoms with Gasteiger partial charge in [0.25, 0.3) is 10.0 Å². The molecule has 20 heavy (non-hydrogen) atoms. The zero-order chi connectivity index (χ0) is 14.3. The minimum atomic E-state index is -3.88. The van der Waals surface area contributed by atoms with Gasteiger partial charge in [0.1, 0.15) is 11.5 Å². The van der Waals surface area contributed by atoms with Crippen molar-refractivity contribution in [3.8, 4) is 0 Å². The number of nitrogens with one attached hydrogen (secondary N) is 1. The Morgan fingerprint density at radius 1 is 1.35 bits per heavy atom. The number of hydrogen-bond acceptors (Lipinski definition) is 7. The number of rotatable bonds is 3. The van der Waals surface area contributed by atoms with Crippen molar-refractivity contribution >= 4 is 38.2 Å².